The first kappa shape index (κ1) is 13.1. The van der Waals surface area contributed by atoms with Gasteiger partial charge in [-0.15, -0.1) is 0 Å². The number of pyridine rings is 1. The standard InChI is InChI=1S/C17H20N2O/c1-12(19-13(2)16-5-3-4-9-18-16)14-6-7-17-15(11-14)8-10-20-17/h3-7,9,11-13,19H,8,10H2,1-2H3/t12?,13-/m1/s1. The fourth-order valence-corrected chi connectivity index (χ4v) is 2.66. The highest BCUT2D eigenvalue weighted by atomic mass is 16.5. The van der Waals surface area contributed by atoms with E-state index in [1.165, 1.54) is 11.1 Å². The van der Waals surface area contributed by atoms with Crippen LogP contribution in [0.25, 0.3) is 0 Å². The van der Waals surface area contributed by atoms with Crippen LogP contribution < -0.4 is 10.1 Å². The number of rotatable bonds is 4. The molecule has 3 rings (SSSR count). The van der Waals surface area contributed by atoms with Gasteiger partial charge >= 0.3 is 0 Å². The van der Waals surface area contributed by atoms with Gasteiger partial charge in [-0.25, -0.2) is 0 Å². The first-order chi connectivity index (χ1) is 9.74. The van der Waals surface area contributed by atoms with E-state index in [4.69, 9.17) is 4.74 Å². The van der Waals surface area contributed by atoms with Crippen molar-refractivity contribution in [2.24, 2.45) is 0 Å². The van der Waals surface area contributed by atoms with Gasteiger partial charge in [0.1, 0.15) is 5.75 Å². The van der Waals surface area contributed by atoms with E-state index in [1.807, 2.05) is 18.3 Å². The Labute approximate surface area is 120 Å². The monoisotopic (exact) mass is 268 g/mol. The largest absolute Gasteiger partial charge is 0.493 e. The van der Waals surface area contributed by atoms with Gasteiger partial charge in [-0.3, -0.25) is 4.98 Å². The number of fused-ring (bicyclic) bond motifs is 1. The summed E-state index contributed by atoms with van der Waals surface area (Å²) in [7, 11) is 0. The summed E-state index contributed by atoms with van der Waals surface area (Å²) >= 11 is 0. The Bertz CT molecular complexity index is 583. The number of hydrogen-bond acceptors (Lipinski definition) is 3. The molecule has 3 heteroatoms. The van der Waals surface area contributed by atoms with Crippen LogP contribution >= 0.6 is 0 Å². The van der Waals surface area contributed by atoms with Gasteiger partial charge in [-0.05, 0) is 43.2 Å². The fraction of sp³-hybridized carbons (Fsp3) is 0.353. The molecule has 0 amide bonds. The molecular formula is C17H20N2O. The van der Waals surface area contributed by atoms with E-state index in [-0.39, 0.29) is 12.1 Å². The zero-order chi connectivity index (χ0) is 13.9. The van der Waals surface area contributed by atoms with Crippen LogP contribution in [0.15, 0.2) is 42.6 Å². The second-order valence-corrected chi connectivity index (χ2v) is 5.33. The highest BCUT2D eigenvalue weighted by Gasteiger charge is 2.16. The van der Waals surface area contributed by atoms with Crippen LogP contribution in [-0.2, 0) is 6.42 Å². The van der Waals surface area contributed by atoms with E-state index in [2.05, 4.69) is 48.4 Å². The SMILES string of the molecule is CC(N[C@H](C)c1ccccn1)c1ccc2c(c1)CCO2. The number of benzene rings is 1. The van der Waals surface area contributed by atoms with E-state index < -0.39 is 0 Å². The molecule has 2 heterocycles. The quantitative estimate of drug-likeness (QED) is 0.922. The van der Waals surface area contributed by atoms with Crippen LogP contribution in [0.3, 0.4) is 0 Å². The van der Waals surface area contributed by atoms with Gasteiger partial charge in [-0.1, -0.05) is 18.2 Å². The van der Waals surface area contributed by atoms with Crippen molar-refractivity contribution in [2.75, 3.05) is 6.61 Å². The third-order valence-electron chi connectivity index (χ3n) is 3.84. The molecule has 2 aromatic rings. The highest BCUT2D eigenvalue weighted by molar-refractivity contribution is 5.40. The number of hydrogen-bond donors (Lipinski definition) is 1. The molecule has 1 aromatic heterocycles. The topological polar surface area (TPSA) is 34.2 Å². The molecule has 1 N–H and O–H groups in total. The lowest BCUT2D eigenvalue weighted by molar-refractivity contribution is 0.356. The zero-order valence-corrected chi connectivity index (χ0v) is 12.0. The van der Waals surface area contributed by atoms with Crippen molar-refractivity contribution in [1.29, 1.82) is 0 Å². The molecule has 104 valence electrons. The summed E-state index contributed by atoms with van der Waals surface area (Å²) in [5.74, 6) is 1.04. The van der Waals surface area contributed by atoms with Crippen molar-refractivity contribution >= 4 is 0 Å². The Hall–Kier alpha value is -1.87. The third-order valence-corrected chi connectivity index (χ3v) is 3.84. The smallest absolute Gasteiger partial charge is 0.122 e. The van der Waals surface area contributed by atoms with Crippen LogP contribution in [0.4, 0.5) is 0 Å². The van der Waals surface area contributed by atoms with Crippen LogP contribution in [0.1, 0.15) is 42.8 Å². The van der Waals surface area contributed by atoms with Gasteiger partial charge in [-0.2, -0.15) is 0 Å². The van der Waals surface area contributed by atoms with Gasteiger partial charge in [0.15, 0.2) is 0 Å². The molecule has 1 aliphatic heterocycles. The minimum Gasteiger partial charge on any atom is -0.493 e. The molecule has 0 saturated heterocycles. The van der Waals surface area contributed by atoms with E-state index in [9.17, 15) is 0 Å². The normalized spacial score (nSPS) is 16.3. The molecule has 20 heavy (non-hydrogen) atoms. The lowest BCUT2D eigenvalue weighted by Crippen LogP contribution is -2.23. The number of ether oxygens (including phenoxy) is 1. The molecule has 1 unspecified atom stereocenters. The molecule has 0 fully saturated rings. The summed E-state index contributed by atoms with van der Waals surface area (Å²) < 4.78 is 5.55. The maximum atomic E-state index is 5.55. The number of aromatic nitrogens is 1. The number of nitrogens with zero attached hydrogens (tertiary/aromatic N) is 1. The van der Waals surface area contributed by atoms with Crippen molar-refractivity contribution in [1.82, 2.24) is 10.3 Å². The Morgan fingerprint density at radius 3 is 2.85 bits per heavy atom. The second-order valence-electron chi connectivity index (χ2n) is 5.33. The van der Waals surface area contributed by atoms with Gasteiger partial charge in [0.05, 0.1) is 12.3 Å². The molecule has 0 radical (unpaired) electrons. The minimum atomic E-state index is 0.232. The predicted molar refractivity (Wildman–Crippen MR) is 79.8 cm³/mol. The van der Waals surface area contributed by atoms with Crippen LogP contribution in [0.5, 0.6) is 5.75 Å². The molecule has 0 bridgehead atoms. The average molecular weight is 268 g/mol. The molecule has 1 aliphatic rings. The lowest BCUT2D eigenvalue weighted by Gasteiger charge is -2.20. The molecule has 0 spiro atoms. The summed E-state index contributed by atoms with van der Waals surface area (Å²) in [6, 6.07) is 13.0. The first-order valence-corrected chi connectivity index (χ1v) is 7.16. The molecule has 0 saturated carbocycles. The second kappa shape index (κ2) is 5.63. The maximum Gasteiger partial charge on any atom is 0.122 e. The van der Waals surface area contributed by atoms with Crippen molar-refractivity contribution in [3.8, 4) is 5.75 Å². The molecule has 2 atom stereocenters. The van der Waals surface area contributed by atoms with Crippen LogP contribution in [-0.4, -0.2) is 11.6 Å². The summed E-state index contributed by atoms with van der Waals surface area (Å²) in [5.41, 5.74) is 3.70. The average Bonchev–Trinajstić information content (AvgIpc) is 2.95. The van der Waals surface area contributed by atoms with Crippen molar-refractivity contribution < 1.29 is 4.74 Å². The molecule has 0 aliphatic carbocycles. The van der Waals surface area contributed by atoms with Gasteiger partial charge in [0.2, 0.25) is 0 Å². The predicted octanol–water partition coefficient (Wildman–Crippen LogP) is 3.43. The van der Waals surface area contributed by atoms with Crippen LogP contribution in [0.2, 0.25) is 0 Å². The fourth-order valence-electron chi connectivity index (χ4n) is 2.66. The Balaban J connectivity index is 1.71. The van der Waals surface area contributed by atoms with Crippen LogP contribution in [0, 0.1) is 0 Å². The Morgan fingerprint density at radius 2 is 2.05 bits per heavy atom. The first-order valence-electron chi connectivity index (χ1n) is 7.16. The summed E-state index contributed by atoms with van der Waals surface area (Å²) in [6.07, 6.45) is 2.86. The zero-order valence-electron chi connectivity index (χ0n) is 12.0. The van der Waals surface area contributed by atoms with Gasteiger partial charge in [0.25, 0.3) is 0 Å². The summed E-state index contributed by atoms with van der Waals surface area (Å²) in [5, 5.41) is 3.60. The van der Waals surface area contributed by atoms with Gasteiger partial charge in [0, 0.05) is 24.7 Å². The van der Waals surface area contributed by atoms with Crippen molar-refractivity contribution in [3.63, 3.8) is 0 Å². The highest BCUT2D eigenvalue weighted by Crippen LogP contribution is 2.28. The van der Waals surface area contributed by atoms with Gasteiger partial charge < -0.3 is 10.1 Å². The molecular weight excluding hydrogens is 248 g/mol. The summed E-state index contributed by atoms with van der Waals surface area (Å²) in [4.78, 5) is 4.40. The number of nitrogens with one attached hydrogen (secondary N) is 1. The maximum absolute atomic E-state index is 5.55. The minimum absolute atomic E-state index is 0.232. The van der Waals surface area contributed by atoms with E-state index >= 15 is 0 Å². The Morgan fingerprint density at radius 1 is 1.15 bits per heavy atom. The van der Waals surface area contributed by atoms with Crippen molar-refractivity contribution in [3.05, 3.63) is 59.4 Å². The third kappa shape index (κ3) is 2.68. The van der Waals surface area contributed by atoms with E-state index in [0.29, 0.717) is 0 Å². The lowest BCUT2D eigenvalue weighted by atomic mass is 10.0. The molecule has 1 aromatic carbocycles. The molecule has 3 nitrogen and oxygen atoms in total. The van der Waals surface area contributed by atoms with E-state index in [1.54, 1.807) is 0 Å². The van der Waals surface area contributed by atoms with E-state index in [0.717, 1.165) is 24.5 Å². The Kier molecular flexibility index (Phi) is 3.70. The van der Waals surface area contributed by atoms with Crippen molar-refractivity contribution in [2.45, 2.75) is 32.4 Å². The summed E-state index contributed by atoms with van der Waals surface area (Å²) in [6.45, 7) is 5.15.